The predicted octanol–water partition coefficient (Wildman–Crippen LogP) is -4.01. The Balaban J connectivity index is 2.18. The van der Waals surface area contributed by atoms with Gasteiger partial charge in [0.05, 0.1) is 6.10 Å². The highest BCUT2D eigenvalue weighted by Crippen LogP contribution is 2.36. The molecule has 0 aromatic rings. The Morgan fingerprint density at radius 3 is 2.13 bits per heavy atom. The summed E-state index contributed by atoms with van der Waals surface area (Å²) in [5, 5.41) is 59.2. The molecule has 0 saturated carbocycles. The molecular formula is C13H25NO9. The molecule has 2 aliphatic heterocycles. The van der Waals surface area contributed by atoms with Crippen LogP contribution in [-0.2, 0) is 14.2 Å². The summed E-state index contributed by atoms with van der Waals surface area (Å²) in [6.45, 7) is 0.741. The van der Waals surface area contributed by atoms with E-state index < -0.39 is 61.4 Å². The van der Waals surface area contributed by atoms with Crippen LogP contribution in [0.3, 0.4) is 0 Å². The van der Waals surface area contributed by atoms with Crippen molar-refractivity contribution in [1.82, 2.24) is 0 Å². The lowest BCUT2D eigenvalue weighted by atomic mass is 9.98. The Hall–Kier alpha value is -0.400. The molecule has 0 aromatic heterocycles. The van der Waals surface area contributed by atoms with Gasteiger partial charge in [0.1, 0.15) is 43.2 Å². The molecule has 2 fully saturated rings. The molecule has 2 rings (SSSR count). The molecule has 0 amide bonds. The number of rotatable bonds is 5. The fourth-order valence-corrected chi connectivity index (χ4v) is 2.85. The number of aliphatic hydroxyl groups is 6. The minimum atomic E-state index is -2.02. The third-order valence-electron chi connectivity index (χ3n) is 4.35. The van der Waals surface area contributed by atoms with E-state index in [0.717, 1.165) is 0 Å². The molecule has 9 atom stereocenters. The SMILES string of the molecule is CC[C@H]1O[C@@](CO)(O[C@@H]2OC(CN)[C@@H](O)[C@H](O)C2O)[C@H](O)C1O. The number of aliphatic hydroxyl groups excluding tert-OH is 6. The minimum Gasteiger partial charge on any atom is -0.391 e. The van der Waals surface area contributed by atoms with Crippen LogP contribution < -0.4 is 5.73 Å². The highest BCUT2D eigenvalue weighted by atomic mass is 16.8. The van der Waals surface area contributed by atoms with Crippen molar-refractivity contribution in [2.24, 2.45) is 5.73 Å². The van der Waals surface area contributed by atoms with E-state index in [4.69, 9.17) is 19.9 Å². The summed E-state index contributed by atoms with van der Waals surface area (Å²) >= 11 is 0. The fourth-order valence-electron chi connectivity index (χ4n) is 2.85. The van der Waals surface area contributed by atoms with Crippen LogP contribution in [0.15, 0.2) is 0 Å². The molecule has 8 N–H and O–H groups in total. The predicted molar refractivity (Wildman–Crippen MR) is 73.8 cm³/mol. The molecule has 3 unspecified atom stereocenters. The zero-order valence-corrected chi connectivity index (χ0v) is 12.7. The van der Waals surface area contributed by atoms with Gasteiger partial charge < -0.3 is 50.6 Å². The molecule has 136 valence electrons. The molecule has 10 heteroatoms. The second-order valence-corrected chi connectivity index (χ2v) is 5.84. The molecular weight excluding hydrogens is 314 g/mol. The molecule has 10 nitrogen and oxygen atoms in total. The molecule has 0 aliphatic carbocycles. The lowest BCUT2D eigenvalue weighted by molar-refractivity contribution is -0.380. The Kier molecular flexibility index (Phi) is 5.95. The summed E-state index contributed by atoms with van der Waals surface area (Å²) < 4.78 is 16.1. The lowest BCUT2D eigenvalue weighted by Crippen LogP contribution is -2.63. The van der Waals surface area contributed by atoms with Crippen LogP contribution in [0.5, 0.6) is 0 Å². The van der Waals surface area contributed by atoms with Gasteiger partial charge in [-0.1, -0.05) is 6.92 Å². The zero-order valence-electron chi connectivity index (χ0n) is 12.7. The number of hydrogen-bond acceptors (Lipinski definition) is 10. The van der Waals surface area contributed by atoms with Crippen LogP contribution in [0, 0.1) is 0 Å². The first-order valence-corrected chi connectivity index (χ1v) is 7.53. The van der Waals surface area contributed by atoms with Gasteiger partial charge in [-0.2, -0.15) is 0 Å². The van der Waals surface area contributed by atoms with E-state index in [1.807, 2.05) is 0 Å². The summed E-state index contributed by atoms with van der Waals surface area (Å²) in [6.07, 6.45) is -10.5. The van der Waals surface area contributed by atoms with Crippen LogP contribution in [0.1, 0.15) is 13.3 Å². The Morgan fingerprint density at radius 2 is 1.65 bits per heavy atom. The third kappa shape index (κ3) is 3.24. The molecule has 2 saturated heterocycles. The van der Waals surface area contributed by atoms with E-state index >= 15 is 0 Å². The van der Waals surface area contributed by atoms with Gasteiger partial charge in [-0.25, -0.2) is 0 Å². The van der Waals surface area contributed by atoms with Gasteiger partial charge in [-0.3, -0.25) is 0 Å². The molecule has 0 spiro atoms. The van der Waals surface area contributed by atoms with Crippen molar-refractivity contribution in [3.63, 3.8) is 0 Å². The number of hydrogen-bond donors (Lipinski definition) is 7. The maximum absolute atomic E-state index is 10.1. The van der Waals surface area contributed by atoms with Crippen LogP contribution in [-0.4, -0.2) is 98.6 Å². The van der Waals surface area contributed by atoms with Crippen molar-refractivity contribution in [3.8, 4) is 0 Å². The van der Waals surface area contributed by atoms with Gasteiger partial charge in [0, 0.05) is 6.54 Å². The maximum Gasteiger partial charge on any atom is 0.223 e. The number of ether oxygens (including phenoxy) is 3. The molecule has 0 radical (unpaired) electrons. The van der Waals surface area contributed by atoms with Crippen LogP contribution in [0.4, 0.5) is 0 Å². The van der Waals surface area contributed by atoms with Gasteiger partial charge >= 0.3 is 0 Å². The van der Waals surface area contributed by atoms with Crippen molar-refractivity contribution in [1.29, 1.82) is 0 Å². The molecule has 0 bridgehead atoms. The van der Waals surface area contributed by atoms with Crippen LogP contribution in [0.25, 0.3) is 0 Å². The summed E-state index contributed by atoms with van der Waals surface area (Å²) in [4.78, 5) is 0. The van der Waals surface area contributed by atoms with E-state index in [9.17, 15) is 30.6 Å². The zero-order chi connectivity index (χ0) is 17.4. The van der Waals surface area contributed by atoms with E-state index in [-0.39, 0.29) is 6.54 Å². The maximum atomic E-state index is 10.1. The van der Waals surface area contributed by atoms with Crippen molar-refractivity contribution in [2.75, 3.05) is 13.2 Å². The smallest absolute Gasteiger partial charge is 0.223 e. The second kappa shape index (κ2) is 7.23. The topological polar surface area (TPSA) is 175 Å². The van der Waals surface area contributed by atoms with Gasteiger partial charge in [0.2, 0.25) is 5.79 Å². The van der Waals surface area contributed by atoms with Crippen LogP contribution in [0.2, 0.25) is 0 Å². The monoisotopic (exact) mass is 339 g/mol. The van der Waals surface area contributed by atoms with Crippen LogP contribution >= 0.6 is 0 Å². The van der Waals surface area contributed by atoms with Crippen molar-refractivity contribution >= 4 is 0 Å². The average Bonchev–Trinajstić information content (AvgIpc) is 2.80. The summed E-state index contributed by atoms with van der Waals surface area (Å²) in [5.41, 5.74) is 5.43. The molecule has 23 heavy (non-hydrogen) atoms. The highest BCUT2D eigenvalue weighted by Gasteiger charge is 2.57. The summed E-state index contributed by atoms with van der Waals surface area (Å²) in [7, 11) is 0. The van der Waals surface area contributed by atoms with E-state index in [1.54, 1.807) is 6.92 Å². The van der Waals surface area contributed by atoms with Crippen molar-refractivity contribution in [3.05, 3.63) is 0 Å². The first kappa shape index (κ1) is 18.9. The standard InChI is InChI=1S/C13H25NO9/c1-2-5-8(17)11(20)13(4-15,22-5)23-12-10(19)9(18)7(16)6(3-14)21-12/h5-12,15-20H,2-4,14H2,1H3/t5-,6?,7-,8?,9+,10?,11-,12+,13+/m1/s1. The van der Waals surface area contributed by atoms with Gasteiger partial charge in [-0.05, 0) is 6.42 Å². The van der Waals surface area contributed by atoms with Gasteiger partial charge in [0.25, 0.3) is 0 Å². The average molecular weight is 339 g/mol. The Morgan fingerprint density at radius 1 is 1.00 bits per heavy atom. The second-order valence-electron chi connectivity index (χ2n) is 5.84. The first-order chi connectivity index (χ1) is 10.8. The Labute approximate surface area is 133 Å². The van der Waals surface area contributed by atoms with E-state index in [1.165, 1.54) is 0 Å². The molecule has 0 aromatic carbocycles. The minimum absolute atomic E-state index is 0.152. The summed E-state index contributed by atoms with van der Waals surface area (Å²) in [6, 6.07) is 0. The molecule has 2 heterocycles. The Bertz CT molecular complexity index is 398. The quantitative estimate of drug-likeness (QED) is 0.261. The van der Waals surface area contributed by atoms with Gasteiger partial charge in [-0.15, -0.1) is 0 Å². The third-order valence-corrected chi connectivity index (χ3v) is 4.35. The summed E-state index contributed by atoms with van der Waals surface area (Å²) in [5.74, 6) is -2.02. The van der Waals surface area contributed by atoms with Gasteiger partial charge in [0.15, 0.2) is 6.29 Å². The largest absolute Gasteiger partial charge is 0.391 e. The highest BCUT2D eigenvalue weighted by molar-refractivity contribution is 4.98. The van der Waals surface area contributed by atoms with Crippen molar-refractivity contribution in [2.45, 2.75) is 68.1 Å². The number of nitrogens with two attached hydrogens (primary N) is 1. The van der Waals surface area contributed by atoms with Crippen molar-refractivity contribution < 1.29 is 44.8 Å². The first-order valence-electron chi connectivity index (χ1n) is 7.53. The lowest BCUT2D eigenvalue weighted by Gasteiger charge is -2.43. The van der Waals surface area contributed by atoms with E-state index in [2.05, 4.69) is 0 Å². The fraction of sp³-hybridized carbons (Fsp3) is 1.00. The normalized spacial score (nSPS) is 51.1. The van der Waals surface area contributed by atoms with E-state index in [0.29, 0.717) is 6.42 Å². The molecule has 2 aliphatic rings.